The van der Waals surface area contributed by atoms with Crippen molar-refractivity contribution >= 4 is 11.7 Å². The van der Waals surface area contributed by atoms with E-state index >= 15 is 0 Å². The summed E-state index contributed by atoms with van der Waals surface area (Å²) in [6.07, 6.45) is 17.9. The van der Waals surface area contributed by atoms with Crippen molar-refractivity contribution in [3.8, 4) is 17.0 Å². The summed E-state index contributed by atoms with van der Waals surface area (Å²) >= 11 is 0. The molecule has 0 unspecified atom stereocenters. The van der Waals surface area contributed by atoms with Crippen molar-refractivity contribution in [1.29, 1.82) is 0 Å². The maximum atomic E-state index is 14.3. The smallest absolute Gasteiger partial charge is 0.231 e. The Kier molecular flexibility index (Phi) is 7.89. The number of aryl methyl sites for hydroxylation is 2. The fraction of sp³-hybridized carbons (Fsp3) is 0.611. The van der Waals surface area contributed by atoms with Crippen LogP contribution in [0.5, 0.6) is 5.75 Å². The van der Waals surface area contributed by atoms with Gasteiger partial charge in [0.15, 0.2) is 0 Å². The highest BCUT2D eigenvalue weighted by Crippen LogP contribution is 2.58. The van der Waals surface area contributed by atoms with Crippen LogP contribution < -0.4 is 9.64 Å². The SMILES string of the molecule is COc1c(C)cc(C23CCC(CN(C(=O)C4CCCCC4)c4cc(-c5cnn(C(C)(C)C)c5)ncn4)(CC2)CC3)cc1C. The van der Waals surface area contributed by atoms with Crippen LogP contribution in [0.25, 0.3) is 11.3 Å². The number of carbonyl (C=O) groups is 1. The maximum absolute atomic E-state index is 14.3. The van der Waals surface area contributed by atoms with Crippen molar-refractivity contribution in [2.75, 3.05) is 18.6 Å². The van der Waals surface area contributed by atoms with Gasteiger partial charge in [0.05, 0.1) is 24.5 Å². The zero-order chi connectivity index (χ0) is 30.4. The van der Waals surface area contributed by atoms with Crippen molar-refractivity contribution in [3.05, 3.63) is 53.6 Å². The molecule has 4 saturated carbocycles. The van der Waals surface area contributed by atoms with Gasteiger partial charge in [0.2, 0.25) is 5.91 Å². The standard InChI is InChI=1S/C36H49N5O2/c1-25-18-29(19-26(2)32(25)43-6)36-15-12-35(13-16-36,14-17-36)23-40(33(42)27-10-8-7-9-11-27)31-20-30(37-24-38-31)28-21-39-41(22-28)34(3,4)5/h18-22,24,27H,7-17,23H2,1-6H3. The van der Waals surface area contributed by atoms with Gasteiger partial charge in [-0.15, -0.1) is 0 Å². The largest absolute Gasteiger partial charge is 0.496 e. The van der Waals surface area contributed by atoms with E-state index in [-0.39, 0.29) is 28.2 Å². The fourth-order valence-electron chi connectivity index (χ4n) is 8.16. The van der Waals surface area contributed by atoms with Crippen LogP contribution in [0.3, 0.4) is 0 Å². The van der Waals surface area contributed by atoms with Gasteiger partial charge in [-0.05, 0) is 114 Å². The summed E-state index contributed by atoms with van der Waals surface area (Å²) in [5, 5.41) is 4.59. The van der Waals surface area contributed by atoms with Gasteiger partial charge < -0.3 is 4.74 Å². The van der Waals surface area contributed by atoms with Crippen molar-refractivity contribution < 1.29 is 9.53 Å². The number of hydrogen-bond donors (Lipinski definition) is 0. The number of anilines is 1. The molecule has 2 heterocycles. The van der Waals surface area contributed by atoms with E-state index < -0.39 is 0 Å². The second-order valence-electron chi connectivity index (χ2n) is 14.8. The minimum Gasteiger partial charge on any atom is -0.496 e. The van der Waals surface area contributed by atoms with Crippen LogP contribution in [0, 0.1) is 25.2 Å². The van der Waals surface area contributed by atoms with Gasteiger partial charge in [-0.3, -0.25) is 14.4 Å². The van der Waals surface area contributed by atoms with Crippen LogP contribution in [-0.4, -0.2) is 39.3 Å². The Bertz CT molecular complexity index is 1430. The average molecular weight is 584 g/mol. The second-order valence-corrected chi connectivity index (χ2v) is 14.8. The minimum absolute atomic E-state index is 0.0868. The zero-order valence-electron chi connectivity index (χ0n) is 27.1. The summed E-state index contributed by atoms with van der Waals surface area (Å²) in [7, 11) is 1.77. The molecule has 0 spiro atoms. The Balaban J connectivity index is 1.27. The Morgan fingerprint density at radius 3 is 2.21 bits per heavy atom. The van der Waals surface area contributed by atoms with Crippen LogP contribution in [0.4, 0.5) is 5.82 Å². The molecule has 7 heteroatoms. The molecule has 1 aromatic carbocycles. The Hall–Kier alpha value is -3.22. The topological polar surface area (TPSA) is 73.1 Å². The maximum Gasteiger partial charge on any atom is 0.231 e. The first-order valence-electron chi connectivity index (χ1n) is 16.4. The first kappa shape index (κ1) is 29.8. The van der Waals surface area contributed by atoms with E-state index in [2.05, 4.69) is 61.7 Å². The lowest BCUT2D eigenvalue weighted by Gasteiger charge is -2.55. The summed E-state index contributed by atoms with van der Waals surface area (Å²) < 4.78 is 7.64. The van der Waals surface area contributed by atoms with E-state index in [0.717, 1.165) is 74.3 Å². The number of aromatic nitrogens is 4. The summed E-state index contributed by atoms with van der Waals surface area (Å²) in [5.41, 5.74) is 5.95. The predicted molar refractivity (Wildman–Crippen MR) is 171 cm³/mol. The normalized spacial score (nSPS) is 24.2. The third-order valence-electron chi connectivity index (χ3n) is 10.9. The number of methoxy groups -OCH3 is 1. The molecule has 1 amide bonds. The minimum atomic E-state index is -0.114. The first-order valence-corrected chi connectivity index (χ1v) is 16.4. The molecule has 7 rings (SSSR count). The monoisotopic (exact) mass is 583 g/mol. The van der Waals surface area contributed by atoms with E-state index in [1.165, 1.54) is 42.4 Å². The number of amides is 1. The van der Waals surface area contributed by atoms with E-state index in [1.54, 1.807) is 13.4 Å². The Labute approximate surface area is 257 Å². The molecule has 4 aliphatic rings. The Morgan fingerprint density at radius 1 is 0.977 bits per heavy atom. The number of hydrogen-bond acceptors (Lipinski definition) is 5. The number of benzene rings is 1. The molecule has 230 valence electrons. The number of nitrogens with zero attached hydrogens (tertiary/aromatic N) is 5. The highest BCUT2D eigenvalue weighted by atomic mass is 16.5. The third kappa shape index (κ3) is 5.72. The van der Waals surface area contributed by atoms with Crippen molar-refractivity contribution in [2.45, 2.75) is 116 Å². The molecule has 43 heavy (non-hydrogen) atoms. The second kappa shape index (κ2) is 11.4. The molecular weight excluding hydrogens is 534 g/mol. The van der Waals surface area contributed by atoms with Gasteiger partial charge in [0.25, 0.3) is 0 Å². The molecule has 0 radical (unpaired) electrons. The molecular formula is C36H49N5O2. The van der Waals surface area contributed by atoms with Crippen LogP contribution in [0.1, 0.15) is 108 Å². The molecule has 4 fully saturated rings. The van der Waals surface area contributed by atoms with E-state index in [0.29, 0.717) is 0 Å². The summed E-state index contributed by atoms with van der Waals surface area (Å²) in [5.74, 6) is 2.09. The quantitative estimate of drug-likeness (QED) is 0.282. The zero-order valence-corrected chi connectivity index (χ0v) is 27.1. The molecule has 3 aromatic rings. The van der Waals surface area contributed by atoms with Crippen LogP contribution in [0.2, 0.25) is 0 Å². The van der Waals surface area contributed by atoms with E-state index in [9.17, 15) is 4.79 Å². The van der Waals surface area contributed by atoms with Crippen LogP contribution >= 0.6 is 0 Å². The number of rotatable bonds is 7. The fourth-order valence-corrected chi connectivity index (χ4v) is 8.16. The first-order chi connectivity index (χ1) is 20.5. The van der Waals surface area contributed by atoms with Crippen molar-refractivity contribution in [1.82, 2.24) is 19.7 Å². The molecule has 0 saturated heterocycles. The molecule has 4 aliphatic carbocycles. The summed E-state index contributed by atoms with van der Waals surface area (Å²) in [4.78, 5) is 25.7. The molecule has 0 aliphatic heterocycles. The van der Waals surface area contributed by atoms with Crippen LogP contribution in [-0.2, 0) is 15.7 Å². The van der Waals surface area contributed by atoms with Crippen molar-refractivity contribution in [2.24, 2.45) is 11.3 Å². The number of carbonyl (C=O) groups excluding carboxylic acids is 1. The lowest BCUT2D eigenvalue weighted by atomic mass is 9.51. The van der Waals surface area contributed by atoms with Gasteiger partial charge in [0, 0.05) is 30.3 Å². The van der Waals surface area contributed by atoms with Gasteiger partial charge >= 0.3 is 0 Å². The van der Waals surface area contributed by atoms with Gasteiger partial charge in [-0.2, -0.15) is 5.10 Å². The Morgan fingerprint density at radius 2 is 1.63 bits per heavy atom. The van der Waals surface area contributed by atoms with Gasteiger partial charge in [-0.25, -0.2) is 9.97 Å². The third-order valence-corrected chi connectivity index (χ3v) is 10.9. The molecule has 7 nitrogen and oxygen atoms in total. The number of ether oxygens (including phenoxy) is 1. The summed E-state index contributed by atoms with van der Waals surface area (Å²) in [6.45, 7) is 11.5. The molecule has 0 atom stereocenters. The lowest BCUT2D eigenvalue weighted by molar-refractivity contribution is -0.124. The van der Waals surface area contributed by atoms with Gasteiger partial charge in [-0.1, -0.05) is 31.4 Å². The highest BCUT2D eigenvalue weighted by Gasteiger charge is 2.51. The lowest BCUT2D eigenvalue weighted by Crippen LogP contribution is -2.51. The predicted octanol–water partition coefficient (Wildman–Crippen LogP) is 7.93. The van der Waals surface area contributed by atoms with Crippen LogP contribution in [0.15, 0.2) is 36.9 Å². The highest BCUT2D eigenvalue weighted by molar-refractivity contribution is 5.94. The molecule has 0 N–H and O–H groups in total. The van der Waals surface area contributed by atoms with Gasteiger partial charge in [0.1, 0.15) is 17.9 Å². The van der Waals surface area contributed by atoms with E-state index in [1.807, 2.05) is 23.1 Å². The molecule has 2 aromatic heterocycles. The molecule has 2 bridgehead atoms. The van der Waals surface area contributed by atoms with Crippen molar-refractivity contribution in [3.63, 3.8) is 0 Å². The number of fused-ring (bicyclic) bond motifs is 3. The summed E-state index contributed by atoms with van der Waals surface area (Å²) in [6, 6.07) is 6.75. The average Bonchev–Trinajstić information content (AvgIpc) is 3.53. The van der Waals surface area contributed by atoms with E-state index in [4.69, 9.17) is 9.72 Å².